The Labute approximate surface area is 122 Å². The number of rotatable bonds is 2. The monoisotopic (exact) mass is 274 g/mol. The van der Waals surface area contributed by atoms with Crippen LogP contribution in [0.5, 0.6) is 0 Å². The Morgan fingerprint density at radius 1 is 1.14 bits per heavy atom. The van der Waals surface area contributed by atoms with E-state index in [0.717, 1.165) is 34.2 Å². The number of hydrogen-bond donors (Lipinski definition) is 0. The number of pyridine rings is 1. The second-order valence-electron chi connectivity index (χ2n) is 5.21. The Bertz CT molecular complexity index is 940. The Morgan fingerprint density at radius 3 is 3.05 bits per heavy atom. The van der Waals surface area contributed by atoms with Crippen LogP contribution in [0.1, 0.15) is 16.8 Å². The quantitative estimate of drug-likeness (QED) is 0.564. The smallest absolute Gasteiger partial charge is 0.158 e. The molecule has 0 aliphatic heterocycles. The topological polar surface area (TPSA) is 43.1 Å². The van der Waals surface area contributed by atoms with Crippen LogP contribution in [-0.4, -0.2) is 19.6 Å². The highest BCUT2D eigenvalue weighted by Gasteiger charge is 2.07. The van der Waals surface area contributed by atoms with Gasteiger partial charge >= 0.3 is 0 Å². The van der Waals surface area contributed by atoms with Gasteiger partial charge in [0.1, 0.15) is 0 Å². The minimum atomic E-state index is 0.824. The van der Waals surface area contributed by atoms with E-state index in [1.54, 1.807) is 0 Å². The Balaban J connectivity index is 1.77. The summed E-state index contributed by atoms with van der Waals surface area (Å²) in [6.45, 7) is 2.00. The lowest BCUT2D eigenvalue weighted by Gasteiger charge is -2.03. The van der Waals surface area contributed by atoms with Crippen LogP contribution in [0.15, 0.2) is 55.0 Å². The normalized spacial score (nSPS) is 11.3. The molecule has 0 atom stereocenters. The van der Waals surface area contributed by atoms with Crippen molar-refractivity contribution in [3.63, 3.8) is 0 Å². The highest BCUT2D eigenvalue weighted by Crippen LogP contribution is 2.18. The summed E-state index contributed by atoms with van der Waals surface area (Å²) in [7, 11) is 0. The molecule has 0 spiro atoms. The molecular weight excluding hydrogens is 260 g/mol. The van der Waals surface area contributed by atoms with Gasteiger partial charge in [0.15, 0.2) is 5.65 Å². The van der Waals surface area contributed by atoms with Crippen LogP contribution in [0.2, 0.25) is 0 Å². The zero-order chi connectivity index (χ0) is 14.2. The summed E-state index contributed by atoms with van der Waals surface area (Å²) in [6.07, 6.45) is 6.49. The van der Waals surface area contributed by atoms with Gasteiger partial charge in [0, 0.05) is 35.5 Å². The van der Waals surface area contributed by atoms with Gasteiger partial charge in [-0.3, -0.25) is 4.98 Å². The Hall–Kier alpha value is -2.75. The Kier molecular flexibility index (Phi) is 2.67. The van der Waals surface area contributed by atoms with E-state index in [4.69, 9.17) is 0 Å². The molecule has 0 aliphatic rings. The average molecular weight is 274 g/mol. The molecule has 1 aromatic carbocycles. The van der Waals surface area contributed by atoms with Crippen molar-refractivity contribution in [2.24, 2.45) is 0 Å². The van der Waals surface area contributed by atoms with Gasteiger partial charge in [-0.25, -0.2) is 9.50 Å². The fourth-order valence-corrected chi connectivity index (χ4v) is 2.59. The summed E-state index contributed by atoms with van der Waals surface area (Å²) in [4.78, 5) is 8.93. The van der Waals surface area contributed by atoms with E-state index < -0.39 is 0 Å². The third-order valence-corrected chi connectivity index (χ3v) is 3.64. The van der Waals surface area contributed by atoms with E-state index in [0.29, 0.717) is 0 Å². The SMILES string of the molecule is Cc1ccn2ncc(Cc3ccc4ncccc4c3)c2n1. The molecule has 3 heterocycles. The van der Waals surface area contributed by atoms with Crippen molar-refractivity contribution in [1.82, 2.24) is 19.6 Å². The van der Waals surface area contributed by atoms with Crippen molar-refractivity contribution in [2.45, 2.75) is 13.3 Å². The predicted octanol–water partition coefficient (Wildman–Crippen LogP) is 3.18. The van der Waals surface area contributed by atoms with Crippen molar-refractivity contribution < 1.29 is 0 Å². The summed E-state index contributed by atoms with van der Waals surface area (Å²) in [6, 6.07) is 12.4. The summed E-state index contributed by atoms with van der Waals surface area (Å²) < 4.78 is 1.82. The Morgan fingerprint density at radius 2 is 2.10 bits per heavy atom. The first-order valence-electron chi connectivity index (χ1n) is 6.93. The largest absolute Gasteiger partial charge is 0.256 e. The molecule has 0 aliphatic carbocycles. The van der Waals surface area contributed by atoms with Crippen molar-refractivity contribution in [2.75, 3.05) is 0 Å². The van der Waals surface area contributed by atoms with Gasteiger partial charge in [-0.2, -0.15) is 5.10 Å². The molecule has 4 aromatic rings. The van der Waals surface area contributed by atoms with Gasteiger partial charge in [-0.15, -0.1) is 0 Å². The molecule has 3 aromatic heterocycles. The summed E-state index contributed by atoms with van der Waals surface area (Å²) in [5, 5.41) is 5.52. The number of hydrogen-bond acceptors (Lipinski definition) is 3. The highest BCUT2D eigenvalue weighted by molar-refractivity contribution is 5.79. The number of aromatic nitrogens is 4. The first-order valence-corrected chi connectivity index (χ1v) is 6.93. The lowest BCUT2D eigenvalue weighted by Crippen LogP contribution is -1.94. The number of nitrogens with zero attached hydrogens (tertiary/aromatic N) is 4. The van der Waals surface area contributed by atoms with Gasteiger partial charge in [-0.05, 0) is 36.8 Å². The molecule has 4 nitrogen and oxygen atoms in total. The van der Waals surface area contributed by atoms with Crippen LogP contribution in [-0.2, 0) is 6.42 Å². The van der Waals surface area contributed by atoms with Crippen molar-refractivity contribution in [3.8, 4) is 0 Å². The van der Waals surface area contributed by atoms with E-state index in [-0.39, 0.29) is 0 Å². The molecule has 0 N–H and O–H groups in total. The molecule has 0 amide bonds. The molecule has 0 bridgehead atoms. The van der Waals surface area contributed by atoms with Crippen molar-refractivity contribution in [1.29, 1.82) is 0 Å². The first-order chi connectivity index (χ1) is 10.3. The summed E-state index contributed by atoms with van der Waals surface area (Å²) in [5.41, 5.74) is 5.35. The fraction of sp³-hybridized carbons (Fsp3) is 0.118. The van der Waals surface area contributed by atoms with Crippen molar-refractivity contribution >= 4 is 16.6 Å². The third-order valence-electron chi connectivity index (χ3n) is 3.64. The summed E-state index contributed by atoms with van der Waals surface area (Å²) >= 11 is 0. The number of fused-ring (bicyclic) bond motifs is 2. The van der Waals surface area contributed by atoms with Crippen LogP contribution in [0.25, 0.3) is 16.6 Å². The van der Waals surface area contributed by atoms with Crippen LogP contribution >= 0.6 is 0 Å². The van der Waals surface area contributed by atoms with Gasteiger partial charge in [0.2, 0.25) is 0 Å². The lowest BCUT2D eigenvalue weighted by atomic mass is 10.0. The second kappa shape index (κ2) is 4.66. The maximum absolute atomic E-state index is 4.58. The molecule has 4 rings (SSSR count). The molecule has 21 heavy (non-hydrogen) atoms. The van der Waals surface area contributed by atoms with Crippen molar-refractivity contribution in [3.05, 3.63) is 71.8 Å². The maximum atomic E-state index is 4.58. The molecule has 0 fully saturated rings. The van der Waals surface area contributed by atoms with Crippen LogP contribution < -0.4 is 0 Å². The minimum Gasteiger partial charge on any atom is -0.256 e. The zero-order valence-corrected chi connectivity index (χ0v) is 11.7. The van der Waals surface area contributed by atoms with Gasteiger partial charge in [-0.1, -0.05) is 12.1 Å². The van der Waals surface area contributed by atoms with E-state index in [1.807, 2.05) is 42.2 Å². The summed E-state index contributed by atoms with van der Waals surface area (Å²) in [5.74, 6) is 0. The molecule has 102 valence electrons. The predicted molar refractivity (Wildman–Crippen MR) is 82.3 cm³/mol. The van der Waals surface area contributed by atoms with Gasteiger partial charge in [0.05, 0.1) is 11.7 Å². The van der Waals surface area contributed by atoms with E-state index in [9.17, 15) is 0 Å². The van der Waals surface area contributed by atoms with Crippen LogP contribution in [0, 0.1) is 6.92 Å². The number of aryl methyl sites for hydroxylation is 1. The standard InChI is InChI=1S/C17H14N4/c1-12-6-8-21-17(20-12)15(11-19-21)10-13-4-5-16-14(9-13)3-2-7-18-16/h2-9,11H,10H2,1H3. The van der Waals surface area contributed by atoms with E-state index in [1.165, 1.54) is 5.56 Å². The van der Waals surface area contributed by atoms with Crippen LogP contribution in [0.4, 0.5) is 0 Å². The van der Waals surface area contributed by atoms with Gasteiger partial charge < -0.3 is 0 Å². The molecule has 0 unspecified atom stereocenters. The van der Waals surface area contributed by atoms with E-state index in [2.05, 4.69) is 39.3 Å². The zero-order valence-electron chi connectivity index (χ0n) is 11.7. The first kappa shape index (κ1) is 12.0. The van der Waals surface area contributed by atoms with Crippen LogP contribution in [0.3, 0.4) is 0 Å². The molecule has 0 saturated carbocycles. The van der Waals surface area contributed by atoms with E-state index >= 15 is 0 Å². The highest BCUT2D eigenvalue weighted by atomic mass is 15.2. The molecular formula is C17H14N4. The second-order valence-corrected chi connectivity index (χ2v) is 5.21. The molecule has 0 radical (unpaired) electrons. The average Bonchev–Trinajstić information content (AvgIpc) is 2.89. The van der Waals surface area contributed by atoms with Gasteiger partial charge in [0.25, 0.3) is 0 Å². The maximum Gasteiger partial charge on any atom is 0.158 e. The third kappa shape index (κ3) is 2.14. The lowest BCUT2D eigenvalue weighted by molar-refractivity contribution is 0.929. The molecule has 4 heteroatoms. The molecule has 0 saturated heterocycles. The minimum absolute atomic E-state index is 0.824. The fourth-order valence-electron chi connectivity index (χ4n) is 2.59. The number of benzene rings is 1.